The van der Waals surface area contributed by atoms with E-state index in [-0.39, 0.29) is 0 Å². The molecule has 0 N–H and O–H groups in total. The zero-order valence-electron chi connectivity index (χ0n) is 15.3. The number of anilines is 1. The summed E-state index contributed by atoms with van der Waals surface area (Å²) in [5, 5.41) is 4.46. The van der Waals surface area contributed by atoms with Crippen molar-refractivity contribution in [3.05, 3.63) is 70.1 Å². The lowest BCUT2D eigenvalue weighted by Gasteiger charge is -2.19. The van der Waals surface area contributed by atoms with Crippen LogP contribution in [0.15, 0.2) is 53.1 Å². The van der Waals surface area contributed by atoms with Crippen molar-refractivity contribution < 1.29 is 9.59 Å². The number of rotatable bonds is 5. The number of hydrogen-bond donors (Lipinski definition) is 0. The third-order valence-electron chi connectivity index (χ3n) is 4.26. The van der Waals surface area contributed by atoms with Crippen molar-refractivity contribution in [2.75, 3.05) is 11.4 Å². The molecule has 2 aromatic heterocycles. The minimum atomic E-state index is -0.619. The topological polar surface area (TPSA) is 68.1 Å². The summed E-state index contributed by atoms with van der Waals surface area (Å²) in [7, 11) is 0. The average molecular weight is 427 g/mol. The number of halogens is 1. The van der Waals surface area contributed by atoms with Crippen LogP contribution in [0, 0.1) is 13.8 Å². The monoisotopic (exact) mass is 426 g/mol. The number of carbonyl (C=O) groups excluding carboxylic acids is 2. The summed E-state index contributed by atoms with van der Waals surface area (Å²) in [6, 6.07) is 13.0. The number of benzene rings is 1. The molecule has 0 saturated carbocycles. The van der Waals surface area contributed by atoms with Crippen LogP contribution in [0.5, 0.6) is 0 Å². The highest BCUT2D eigenvalue weighted by Crippen LogP contribution is 2.21. The van der Waals surface area contributed by atoms with Gasteiger partial charge in [-0.2, -0.15) is 5.10 Å². The number of pyridine rings is 1. The van der Waals surface area contributed by atoms with Gasteiger partial charge in [0.05, 0.1) is 22.6 Å². The van der Waals surface area contributed by atoms with E-state index in [1.807, 2.05) is 37.3 Å². The van der Waals surface area contributed by atoms with Gasteiger partial charge in [0.2, 0.25) is 0 Å². The van der Waals surface area contributed by atoms with E-state index in [0.717, 1.165) is 10.2 Å². The van der Waals surface area contributed by atoms with Crippen LogP contribution in [-0.2, 0) is 4.79 Å². The highest BCUT2D eigenvalue weighted by Gasteiger charge is 2.29. The molecule has 0 bridgehead atoms. The Morgan fingerprint density at radius 2 is 1.81 bits per heavy atom. The fraction of sp³-hybridized carbons (Fsp3) is 0.200. The lowest BCUT2D eigenvalue weighted by molar-refractivity contribution is -0.114. The van der Waals surface area contributed by atoms with Gasteiger partial charge in [-0.15, -0.1) is 0 Å². The van der Waals surface area contributed by atoms with E-state index in [4.69, 9.17) is 0 Å². The van der Waals surface area contributed by atoms with Gasteiger partial charge in [-0.25, -0.2) is 9.67 Å². The molecule has 0 atom stereocenters. The molecular weight excluding hydrogens is 408 g/mol. The Morgan fingerprint density at radius 1 is 1.11 bits per heavy atom. The lowest BCUT2D eigenvalue weighted by atomic mass is 10.1. The number of aromatic nitrogens is 3. The van der Waals surface area contributed by atoms with Crippen LogP contribution >= 0.6 is 15.9 Å². The second-order valence-corrected chi connectivity index (χ2v) is 6.92. The highest BCUT2D eigenvalue weighted by atomic mass is 79.9. The summed E-state index contributed by atoms with van der Waals surface area (Å²) in [5.74, 6) is -0.769. The maximum absolute atomic E-state index is 13.0. The molecule has 7 heteroatoms. The molecule has 0 spiro atoms. The molecule has 0 aliphatic rings. The second kappa shape index (κ2) is 7.84. The Kier molecular flexibility index (Phi) is 5.51. The smallest absolute Gasteiger partial charge is 0.290 e. The fourth-order valence-corrected chi connectivity index (χ4v) is 3.19. The predicted molar refractivity (Wildman–Crippen MR) is 107 cm³/mol. The zero-order chi connectivity index (χ0) is 19.6. The number of aryl methyl sites for hydroxylation is 1. The number of nitrogens with zero attached hydrogens (tertiary/aromatic N) is 4. The summed E-state index contributed by atoms with van der Waals surface area (Å²) in [5.41, 5.74) is 2.33. The maximum Gasteiger partial charge on any atom is 0.300 e. The zero-order valence-corrected chi connectivity index (χ0v) is 16.9. The van der Waals surface area contributed by atoms with E-state index in [1.165, 1.54) is 4.90 Å². The van der Waals surface area contributed by atoms with Crippen LogP contribution in [0.3, 0.4) is 0 Å². The standard InChI is InChI=1S/C20H19BrN4O2/c1-4-24(17-11-10-15(21)12-22-17)20(27)19(26)18-13(2)23-25(14(18)3)16-8-6-5-7-9-16/h5-12H,4H2,1-3H3. The molecule has 2 heterocycles. The molecule has 1 amide bonds. The van der Waals surface area contributed by atoms with E-state index in [1.54, 1.807) is 36.9 Å². The van der Waals surface area contributed by atoms with Crippen LogP contribution in [0.1, 0.15) is 28.7 Å². The number of amides is 1. The molecule has 0 fully saturated rings. The second-order valence-electron chi connectivity index (χ2n) is 6.01. The molecule has 6 nitrogen and oxygen atoms in total. The molecule has 0 aliphatic carbocycles. The van der Waals surface area contributed by atoms with Gasteiger partial charge in [-0.1, -0.05) is 18.2 Å². The predicted octanol–water partition coefficient (Wildman–Crippen LogP) is 3.88. The first-order valence-electron chi connectivity index (χ1n) is 8.53. The lowest BCUT2D eigenvalue weighted by Crippen LogP contribution is -2.37. The van der Waals surface area contributed by atoms with Crippen molar-refractivity contribution in [2.24, 2.45) is 0 Å². The first-order chi connectivity index (χ1) is 12.9. The van der Waals surface area contributed by atoms with Gasteiger partial charge < -0.3 is 0 Å². The summed E-state index contributed by atoms with van der Waals surface area (Å²) >= 11 is 3.32. The van der Waals surface area contributed by atoms with E-state index in [9.17, 15) is 9.59 Å². The fourth-order valence-electron chi connectivity index (χ4n) is 2.96. The maximum atomic E-state index is 13.0. The first-order valence-corrected chi connectivity index (χ1v) is 9.32. The average Bonchev–Trinajstić information content (AvgIpc) is 2.98. The summed E-state index contributed by atoms with van der Waals surface area (Å²) in [6.07, 6.45) is 1.60. The Hall–Kier alpha value is -2.80. The quantitative estimate of drug-likeness (QED) is 0.458. The normalized spacial score (nSPS) is 10.7. The Labute approximate surface area is 166 Å². The number of para-hydroxylation sites is 1. The molecule has 0 unspecified atom stereocenters. The van der Waals surface area contributed by atoms with Crippen LogP contribution in [-0.4, -0.2) is 33.0 Å². The summed E-state index contributed by atoms with van der Waals surface area (Å²) in [6.45, 7) is 5.68. The van der Waals surface area contributed by atoms with E-state index in [2.05, 4.69) is 26.0 Å². The van der Waals surface area contributed by atoms with Gasteiger partial charge in [-0.3, -0.25) is 14.5 Å². The van der Waals surface area contributed by atoms with Crippen LogP contribution in [0.2, 0.25) is 0 Å². The Bertz CT molecular complexity index is 981. The molecule has 3 rings (SSSR count). The summed E-state index contributed by atoms with van der Waals surface area (Å²) in [4.78, 5) is 31.5. The molecule has 1 aromatic carbocycles. The van der Waals surface area contributed by atoms with Gasteiger partial charge in [-0.05, 0) is 61.0 Å². The minimum Gasteiger partial charge on any atom is -0.290 e. The molecule has 3 aromatic rings. The van der Waals surface area contributed by atoms with Crippen molar-refractivity contribution in [2.45, 2.75) is 20.8 Å². The van der Waals surface area contributed by atoms with E-state index < -0.39 is 11.7 Å². The van der Waals surface area contributed by atoms with Crippen molar-refractivity contribution >= 4 is 33.4 Å². The van der Waals surface area contributed by atoms with Crippen molar-refractivity contribution in [3.8, 4) is 5.69 Å². The number of hydrogen-bond acceptors (Lipinski definition) is 4. The molecule has 27 heavy (non-hydrogen) atoms. The number of likely N-dealkylation sites (N-methyl/N-ethyl adjacent to an activating group) is 1. The van der Waals surface area contributed by atoms with Crippen LogP contribution in [0.25, 0.3) is 5.69 Å². The minimum absolute atomic E-state index is 0.333. The molecule has 0 aliphatic heterocycles. The third kappa shape index (κ3) is 3.68. The SMILES string of the molecule is CCN(C(=O)C(=O)c1c(C)nn(-c2ccccc2)c1C)c1ccc(Br)cn1. The Morgan fingerprint density at radius 3 is 2.41 bits per heavy atom. The molecule has 0 saturated heterocycles. The third-order valence-corrected chi connectivity index (χ3v) is 4.73. The highest BCUT2D eigenvalue weighted by molar-refractivity contribution is 9.10. The van der Waals surface area contributed by atoms with Crippen molar-refractivity contribution in [1.29, 1.82) is 0 Å². The number of ketones is 1. The molecular formula is C20H19BrN4O2. The first kappa shape index (κ1) is 19.0. The number of Topliss-reactive ketones (excluding diaryl/α,β-unsaturated/α-hetero) is 1. The molecule has 0 radical (unpaired) electrons. The largest absolute Gasteiger partial charge is 0.300 e. The van der Waals surface area contributed by atoms with Crippen LogP contribution < -0.4 is 4.90 Å². The van der Waals surface area contributed by atoms with Gasteiger partial charge in [0, 0.05) is 17.2 Å². The van der Waals surface area contributed by atoms with Gasteiger partial charge in [0.25, 0.3) is 5.78 Å². The van der Waals surface area contributed by atoms with Crippen LogP contribution in [0.4, 0.5) is 5.82 Å². The van der Waals surface area contributed by atoms with Gasteiger partial charge in [0.15, 0.2) is 0 Å². The Balaban J connectivity index is 1.96. The van der Waals surface area contributed by atoms with E-state index in [0.29, 0.717) is 29.3 Å². The summed E-state index contributed by atoms with van der Waals surface area (Å²) < 4.78 is 2.49. The molecule has 138 valence electrons. The van der Waals surface area contributed by atoms with Gasteiger partial charge >= 0.3 is 5.91 Å². The van der Waals surface area contributed by atoms with E-state index >= 15 is 0 Å². The van der Waals surface area contributed by atoms with Crippen molar-refractivity contribution in [3.63, 3.8) is 0 Å². The number of carbonyl (C=O) groups is 2. The van der Waals surface area contributed by atoms with Crippen molar-refractivity contribution in [1.82, 2.24) is 14.8 Å². The van der Waals surface area contributed by atoms with Gasteiger partial charge in [0.1, 0.15) is 5.82 Å².